The fourth-order valence-corrected chi connectivity index (χ4v) is 7.36. The Morgan fingerprint density at radius 3 is 2.03 bits per heavy atom. The zero-order chi connectivity index (χ0) is 27.8. The molecule has 0 spiro atoms. The minimum Gasteiger partial charge on any atom is -0.333 e. The molecule has 6 nitrogen and oxygen atoms in total. The van der Waals surface area contributed by atoms with Crippen LogP contribution in [0.1, 0.15) is 72.8 Å². The van der Waals surface area contributed by atoms with E-state index in [1.807, 2.05) is 50.2 Å². The summed E-state index contributed by atoms with van der Waals surface area (Å²) in [6.45, 7) is 15.7. The van der Waals surface area contributed by atoms with Crippen LogP contribution in [0.2, 0.25) is 0 Å². The van der Waals surface area contributed by atoms with Gasteiger partial charge in [0.05, 0.1) is 16.2 Å². The quantitative estimate of drug-likeness (QED) is 0.454. The number of benzene rings is 2. The molecule has 2 N–H and O–H groups in total. The molecule has 38 heavy (non-hydrogen) atoms. The molecule has 5 rings (SSSR count). The molecule has 0 aromatic heterocycles. The number of fused-ring (bicyclic) bond motifs is 4. The molecule has 3 fully saturated rings. The molecule has 2 bridgehead atoms. The molecule has 208 valence electrons. The number of rotatable bonds is 7. The fourth-order valence-electron chi connectivity index (χ4n) is 5.69. The number of nitrogens with one attached hydrogen (secondary N) is 2. The molecule has 2 amide bonds. The summed E-state index contributed by atoms with van der Waals surface area (Å²) in [6.07, 6.45) is 3.90. The van der Waals surface area contributed by atoms with E-state index in [-0.39, 0.29) is 22.7 Å². The van der Waals surface area contributed by atoms with Crippen molar-refractivity contribution in [1.82, 2.24) is 15.5 Å². The van der Waals surface area contributed by atoms with Crippen molar-refractivity contribution in [2.75, 3.05) is 25.4 Å². The first-order valence-electron chi connectivity index (χ1n) is 13.9. The van der Waals surface area contributed by atoms with E-state index in [1.165, 1.54) is 0 Å². The topological polar surface area (TPSA) is 78.5 Å². The van der Waals surface area contributed by atoms with Crippen molar-refractivity contribution in [3.8, 4) is 11.1 Å². The summed E-state index contributed by atoms with van der Waals surface area (Å²) in [7, 11) is -3.30. The Kier molecular flexibility index (Phi) is 8.02. The fraction of sp³-hybridized carbons (Fsp3) is 0.581. The first-order chi connectivity index (χ1) is 17.7. The monoisotopic (exact) mass is 539 g/mol. The van der Waals surface area contributed by atoms with Gasteiger partial charge in [-0.3, -0.25) is 0 Å². The highest BCUT2D eigenvalue weighted by Gasteiger charge is 2.41. The molecule has 2 aromatic rings. The predicted molar refractivity (Wildman–Crippen MR) is 155 cm³/mol. The third-order valence-corrected chi connectivity index (χ3v) is 10.3. The maximum Gasteiger partial charge on any atom is 0.315 e. The maximum atomic E-state index is 13.1. The molecule has 3 aliphatic rings. The third kappa shape index (κ3) is 6.78. The van der Waals surface area contributed by atoms with Crippen LogP contribution in [0.25, 0.3) is 11.1 Å². The average molecular weight is 540 g/mol. The van der Waals surface area contributed by atoms with Crippen LogP contribution in [0.4, 0.5) is 4.79 Å². The van der Waals surface area contributed by atoms with Gasteiger partial charge in [-0.15, -0.1) is 0 Å². The zero-order valence-electron chi connectivity index (χ0n) is 23.9. The van der Waals surface area contributed by atoms with Crippen molar-refractivity contribution in [1.29, 1.82) is 0 Å². The molecule has 3 aliphatic heterocycles. The number of carbonyl (C=O) groups is 1. The van der Waals surface area contributed by atoms with Crippen LogP contribution in [0.5, 0.6) is 0 Å². The van der Waals surface area contributed by atoms with E-state index in [0.29, 0.717) is 17.2 Å². The Morgan fingerprint density at radius 1 is 0.921 bits per heavy atom. The van der Waals surface area contributed by atoms with Gasteiger partial charge >= 0.3 is 6.03 Å². The van der Waals surface area contributed by atoms with Gasteiger partial charge in [0.25, 0.3) is 0 Å². The SMILES string of the molecule is CC(C)(C)CCS(=O)(=O)c1ccc(-c2ccc(C(C)(C)NC(=O)NC3(C)CCN4CCC3CC4)cc2)cc1. The molecule has 3 saturated heterocycles. The first kappa shape index (κ1) is 28.6. The van der Waals surface area contributed by atoms with E-state index in [4.69, 9.17) is 0 Å². The van der Waals surface area contributed by atoms with Gasteiger partial charge in [-0.25, -0.2) is 13.2 Å². The summed E-state index contributed by atoms with van der Waals surface area (Å²) in [5.74, 6) is 0.674. The molecule has 0 radical (unpaired) electrons. The number of sulfone groups is 1. The van der Waals surface area contributed by atoms with Gasteiger partial charge < -0.3 is 15.5 Å². The molecule has 3 heterocycles. The van der Waals surface area contributed by atoms with E-state index < -0.39 is 15.4 Å². The van der Waals surface area contributed by atoms with Gasteiger partial charge in [0.2, 0.25) is 0 Å². The Morgan fingerprint density at radius 2 is 1.47 bits per heavy atom. The number of piperidine rings is 1. The molecule has 2 aromatic carbocycles. The van der Waals surface area contributed by atoms with Crippen LogP contribution in [-0.2, 0) is 15.4 Å². The Hall–Kier alpha value is -2.38. The summed E-state index contributed by atoms with van der Waals surface area (Å²) >= 11 is 0. The van der Waals surface area contributed by atoms with Crippen molar-refractivity contribution in [3.63, 3.8) is 0 Å². The number of nitrogens with zero attached hydrogens (tertiary/aromatic N) is 1. The lowest BCUT2D eigenvalue weighted by Crippen LogP contribution is -2.57. The Labute approximate surface area is 229 Å². The van der Waals surface area contributed by atoms with E-state index in [2.05, 4.69) is 43.2 Å². The standard InChI is InChI=1S/C31H45N3O3S/c1-29(2,3)18-22-38(36,37)27-13-9-24(10-14-27)23-7-11-25(12-8-23)30(4,5)32-28(35)33-31(6)17-21-34-19-15-26(31)16-20-34/h7-14,26H,15-22H2,1-6H3,(H2,32,33,35). The third-order valence-electron chi connectivity index (χ3n) is 8.54. The highest BCUT2D eigenvalue weighted by Crippen LogP contribution is 2.35. The van der Waals surface area contributed by atoms with Crippen molar-refractivity contribution < 1.29 is 13.2 Å². The van der Waals surface area contributed by atoms with Gasteiger partial charge in [0.15, 0.2) is 9.84 Å². The second kappa shape index (κ2) is 10.6. The predicted octanol–water partition coefficient (Wildman–Crippen LogP) is 5.97. The van der Waals surface area contributed by atoms with Gasteiger partial charge in [-0.05, 0) is 99.7 Å². The van der Waals surface area contributed by atoms with Gasteiger partial charge in [-0.2, -0.15) is 0 Å². The van der Waals surface area contributed by atoms with Crippen molar-refractivity contribution in [2.24, 2.45) is 11.3 Å². The van der Waals surface area contributed by atoms with Crippen LogP contribution in [0.3, 0.4) is 0 Å². The van der Waals surface area contributed by atoms with E-state index >= 15 is 0 Å². The van der Waals surface area contributed by atoms with Crippen LogP contribution in [0.15, 0.2) is 53.4 Å². The number of amides is 2. The number of hydrogen-bond donors (Lipinski definition) is 2. The number of urea groups is 1. The molecule has 0 aliphatic carbocycles. The van der Waals surface area contributed by atoms with Gasteiger partial charge in [0.1, 0.15) is 0 Å². The summed E-state index contributed by atoms with van der Waals surface area (Å²) in [4.78, 5) is 16.0. The average Bonchev–Trinajstić information content (AvgIpc) is 3.10. The summed E-state index contributed by atoms with van der Waals surface area (Å²) in [6, 6.07) is 15.1. The zero-order valence-corrected chi connectivity index (χ0v) is 24.7. The van der Waals surface area contributed by atoms with Crippen molar-refractivity contribution >= 4 is 15.9 Å². The Balaban J connectivity index is 1.40. The van der Waals surface area contributed by atoms with Crippen LogP contribution < -0.4 is 10.6 Å². The molecule has 1 unspecified atom stereocenters. The van der Waals surface area contributed by atoms with E-state index in [9.17, 15) is 13.2 Å². The lowest BCUT2D eigenvalue weighted by molar-refractivity contribution is 0.171. The molecular formula is C31H45N3O3S. The van der Waals surface area contributed by atoms with Gasteiger partial charge in [0, 0.05) is 12.1 Å². The molecule has 0 saturated carbocycles. The lowest BCUT2D eigenvalue weighted by atomic mass is 9.79. The Bertz CT molecular complexity index is 1220. The first-order valence-corrected chi connectivity index (χ1v) is 15.6. The summed E-state index contributed by atoms with van der Waals surface area (Å²) < 4.78 is 25.5. The van der Waals surface area contributed by atoms with E-state index in [1.54, 1.807) is 12.1 Å². The van der Waals surface area contributed by atoms with E-state index in [0.717, 1.165) is 55.6 Å². The lowest BCUT2D eigenvalue weighted by Gasteiger charge is -2.39. The highest BCUT2D eigenvalue weighted by molar-refractivity contribution is 7.91. The largest absolute Gasteiger partial charge is 0.333 e. The molecular weight excluding hydrogens is 494 g/mol. The minimum absolute atomic E-state index is 0.0246. The maximum absolute atomic E-state index is 13.1. The summed E-state index contributed by atoms with van der Waals surface area (Å²) in [5, 5.41) is 6.53. The van der Waals surface area contributed by atoms with Crippen molar-refractivity contribution in [2.45, 2.75) is 83.2 Å². The molecule has 7 heteroatoms. The normalized spacial score (nSPS) is 24.1. The molecule has 1 atom stereocenters. The minimum atomic E-state index is -3.30. The van der Waals surface area contributed by atoms with Gasteiger partial charge in [-0.1, -0.05) is 57.2 Å². The number of carbonyl (C=O) groups excluding carboxylic acids is 1. The smallest absolute Gasteiger partial charge is 0.315 e. The summed E-state index contributed by atoms with van der Waals surface area (Å²) in [5.41, 5.74) is 2.23. The highest BCUT2D eigenvalue weighted by atomic mass is 32.2. The second-order valence-electron chi connectivity index (χ2n) is 13.2. The second-order valence-corrected chi connectivity index (χ2v) is 15.3. The van der Waals surface area contributed by atoms with Crippen LogP contribution in [0, 0.1) is 11.3 Å². The van der Waals surface area contributed by atoms with Crippen LogP contribution >= 0.6 is 0 Å². The van der Waals surface area contributed by atoms with Crippen molar-refractivity contribution in [3.05, 3.63) is 54.1 Å². The van der Waals surface area contributed by atoms with Crippen LogP contribution in [-0.4, -0.2) is 50.3 Å². The number of hydrogen-bond acceptors (Lipinski definition) is 4.